The van der Waals surface area contributed by atoms with Gasteiger partial charge in [-0.15, -0.1) is 0 Å². The Labute approximate surface area is 217 Å². The van der Waals surface area contributed by atoms with Crippen LogP contribution in [0.1, 0.15) is 60.0 Å². The van der Waals surface area contributed by atoms with Gasteiger partial charge < -0.3 is 10.1 Å². The van der Waals surface area contributed by atoms with Gasteiger partial charge in [-0.3, -0.25) is 9.78 Å². The predicted octanol–water partition coefficient (Wildman–Crippen LogP) is 4.42. The lowest BCUT2D eigenvalue weighted by Crippen LogP contribution is -2.41. The Morgan fingerprint density at radius 3 is 2.54 bits per heavy atom. The molecule has 1 atom stereocenters. The Morgan fingerprint density at radius 2 is 1.78 bits per heavy atom. The van der Waals surface area contributed by atoms with Crippen molar-refractivity contribution in [3.05, 3.63) is 59.4 Å². The van der Waals surface area contributed by atoms with Crippen LogP contribution in [0.4, 0.5) is 5.95 Å². The van der Waals surface area contributed by atoms with Crippen molar-refractivity contribution in [1.29, 1.82) is 0 Å². The van der Waals surface area contributed by atoms with Gasteiger partial charge in [0.25, 0.3) is 15.9 Å². The number of amides is 1. The number of carbonyl (C=O) groups excluding carboxylic acids is 1. The molecule has 9 nitrogen and oxygen atoms in total. The van der Waals surface area contributed by atoms with Gasteiger partial charge in [-0.2, -0.15) is 4.98 Å². The molecule has 194 valence electrons. The van der Waals surface area contributed by atoms with Crippen LogP contribution in [-0.2, 0) is 10.0 Å². The normalized spacial score (nSPS) is 19.8. The highest BCUT2D eigenvalue weighted by Crippen LogP contribution is 2.31. The number of sulfonamides is 1. The zero-order valence-corrected chi connectivity index (χ0v) is 21.8. The maximum atomic E-state index is 13.2. The van der Waals surface area contributed by atoms with Crippen LogP contribution in [0.5, 0.6) is 5.88 Å². The summed E-state index contributed by atoms with van der Waals surface area (Å²) in [6, 6.07) is 8.68. The van der Waals surface area contributed by atoms with E-state index in [1.54, 1.807) is 6.07 Å². The van der Waals surface area contributed by atoms with Crippen LogP contribution in [0, 0.1) is 19.8 Å². The Bertz CT molecular complexity index is 1400. The van der Waals surface area contributed by atoms with E-state index >= 15 is 0 Å². The zero-order chi connectivity index (χ0) is 26.0. The quantitative estimate of drug-likeness (QED) is 0.523. The number of nitrogens with zero attached hydrogens (tertiary/aromatic N) is 3. The Kier molecular flexibility index (Phi) is 7.10. The molecule has 10 heteroatoms. The standard InChI is InChI=1S/C27H31N5O4S/c1-17-7-6-8-18(2)25(17)23-13-24-31-27(30-23)32-37(34,35)22-12-20(14-28-15-22)26(33)29-21(16-36-24)11-19-9-4-3-5-10-19/h6-8,12-15,19,21H,3-5,9-11,16H2,1-2H3,(H,29,33)(H,30,31,32)/t21-/m1/s1. The van der Waals surface area contributed by atoms with Crippen LogP contribution in [0.2, 0.25) is 0 Å². The first-order valence-electron chi connectivity index (χ1n) is 12.7. The average molecular weight is 522 g/mol. The van der Waals surface area contributed by atoms with Crippen LogP contribution in [0.3, 0.4) is 0 Å². The minimum absolute atomic E-state index is 0.108. The number of aromatic nitrogens is 3. The van der Waals surface area contributed by atoms with Crippen molar-refractivity contribution < 1.29 is 17.9 Å². The minimum Gasteiger partial charge on any atom is -0.475 e. The third-order valence-electron chi connectivity index (χ3n) is 7.06. The molecule has 0 saturated heterocycles. The van der Waals surface area contributed by atoms with Crippen molar-refractivity contribution in [3.63, 3.8) is 0 Å². The summed E-state index contributed by atoms with van der Waals surface area (Å²) in [4.78, 5) is 25.8. The van der Waals surface area contributed by atoms with E-state index in [9.17, 15) is 13.2 Å². The first kappa shape index (κ1) is 25.1. The molecule has 1 aromatic carbocycles. The fourth-order valence-corrected chi connectivity index (χ4v) is 6.14. The maximum absolute atomic E-state index is 13.2. The van der Waals surface area contributed by atoms with Crippen molar-refractivity contribution in [3.8, 4) is 17.1 Å². The van der Waals surface area contributed by atoms with Crippen molar-refractivity contribution in [2.45, 2.75) is 63.3 Å². The molecule has 3 heterocycles. The van der Waals surface area contributed by atoms with E-state index in [-0.39, 0.29) is 40.8 Å². The van der Waals surface area contributed by atoms with Crippen molar-refractivity contribution in [2.24, 2.45) is 5.92 Å². The summed E-state index contributed by atoms with van der Waals surface area (Å²) in [6.07, 6.45) is 9.21. The lowest BCUT2D eigenvalue weighted by molar-refractivity contribution is 0.0906. The fraction of sp³-hybridized carbons (Fsp3) is 0.407. The van der Waals surface area contributed by atoms with Gasteiger partial charge in [-0.25, -0.2) is 18.1 Å². The van der Waals surface area contributed by atoms with Crippen molar-refractivity contribution >= 4 is 21.9 Å². The molecule has 1 saturated carbocycles. The SMILES string of the molecule is Cc1cccc(C)c1-c1cc2nc(n1)NS(=O)(=O)c1cncc(c1)C(=O)N[C@H](CC1CCCCC1)CO2. The first-order valence-corrected chi connectivity index (χ1v) is 14.1. The van der Waals surface area contributed by atoms with E-state index in [1.165, 1.54) is 37.7 Å². The number of pyridine rings is 1. The molecule has 1 aliphatic carbocycles. The average Bonchev–Trinajstić information content (AvgIpc) is 2.87. The summed E-state index contributed by atoms with van der Waals surface area (Å²) >= 11 is 0. The van der Waals surface area contributed by atoms with Gasteiger partial charge in [0.2, 0.25) is 11.8 Å². The molecule has 0 radical (unpaired) electrons. The summed E-state index contributed by atoms with van der Waals surface area (Å²) in [5.41, 5.74) is 3.59. The van der Waals surface area contributed by atoms with Crippen molar-refractivity contribution in [1.82, 2.24) is 20.3 Å². The van der Waals surface area contributed by atoms with Gasteiger partial charge in [0.05, 0.1) is 17.3 Å². The lowest BCUT2D eigenvalue weighted by atomic mass is 9.85. The zero-order valence-electron chi connectivity index (χ0n) is 21.0. The number of hydrogen-bond donors (Lipinski definition) is 2. The van der Waals surface area contributed by atoms with E-state index in [0.29, 0.717) is 11.6 Å². The molecule has 2 aliphatic rings. The van der Waals surface area contributed by atoms with Gasteiger partial charge in [0.1, 0.15) is 11.5 Å². The molecule has 3 aromatic rings. The number of aryl methyl sites for hydroxylation is 2. The van der Waals surface area contributed by atoms with E-state index < -0.39 is 10.0 Å². The van der Waals surface area contributed by atoms with E-state index in [4.69, 9.17) is 4.74 Å². The highest BCUT2D eigenvalue weighted by atomic mass is 32.2. The molecule has 2 N–H and O–H groups in total. The Hall–Kier alpha value is -3.53. The molecule has 0 spiro atoms. The maximum Gasteiger partial charge on any atom is 0.265 e. The van der Waals surface area contributed by atoms with Crippen LogP contribution in [0.15, 0.2) is 47.6 Å². The van der Waals surface area contributed by atoms with E-state index in [1.807, 2.05) is 32.0 Å². The van der Waals surface area contributed by atoms with Crippen molar-refractivity contribution in [2.75, 3.05) is 11.3 Å². The number of rotatable bonds is 3. The summed E-state index contributed by atoms with van der Waals surface area (Å²) in [7, 11) is -4.11. The van der Waals surface area contributed by atoms with Crippen LogP contribution in [-0.4, -0.2) is 41.9 Å². The molecular weight excluding hydrogens is 490 g/mol. The molecule has 5 rings (SSSR count). The summed E-state index contributed by atoms with van der Waals surface area (Å²) in [5, 5.41) is 3.05. The molecule has 4 bridgehead atoms. The van der Waals surface area contributed by atoms with Crippen LogP contribution < -0.4 is 14.8 Å². The number of fused-ring (bicyclic) bond motifs is 4. The summed E-state index contributed by atoms with van der Waals surface area (Å²) < 4.78 is 34.9. The Balaban J connectivity index is 1.57. The lowest BCUT2D eigenvalue weighted by Gasteiger charge is -2.27. The first-order chi connectivity index (χ1) is 17.8. The molecule has 0 unspecified atom stereocenters. The molecule has 1 amide bonds. The molecule has 1 fully saturated rings. The van der Waals surface area contributed by atoms with Gasteiger partial charge in [-0.05, 0) is 43.4 Å². The predicted molar refractivity (Wildman–Crippen MR) is 140 cm³/mol. The summed E-state index contributed by atoms with van der Waals surface area (Å²) in [5.74, 6) is 0.235. The van der Waals surface area contributed by atoms with Crippen LogP contribution in [0.25, 0.3) is 11.3 Å². The number of ether oxygens (including phenoxy) is 1. The smallest absolute Gasteiger partial charge is 0.265 e. The monoisotopic (exact) mass is 521 g/mol. The van der Waals surface area contributed by atoms with E-state index in [2.05, 4.69) is 25.0 Å². The van der Waals surface area contributed by atoms with Crippen LogP contribution >= 0.6 is 0 Å². The fourth-order valence-electron chi connectivity index (χ4n) is 5.21. The molecule has 2 aromatic heterocycles. The Morgan fingerprint density at radius 1 is 1.03 bits per heavy atom. The van der Waals surface area contributed by atoms with Gasteiger partial charge >= 0.3 is 0 Å². The number of anilines is 1. The van der Waals surface area contributed by atoms with E-state index in [0.717, 1.165) is 36.0 Å². The number of carbonyl (C=O) groups is 1. The number of hydrogen-bond acceptors (Lipinski definition) is 7. The van der Waals surface area contributed by atoms with Gasteiger partial charge in [0, 0.05) is 24.0 Å². The topological polar surface area (TPSA) is 123 Å². The second-order valence-electron chi connectivity index (χ2n) is 9.92. The molecular formula is C27H31N5O4S. The second kappa shape index (κ2) is 10.5. The largest absolute Gasteiger partial charge is 0.475 e. The number of nitrogens with one attached hydrogen (secondary N) is 2. The number of benzene rings is 1. The third kappa shape index (κ3) is 5.74. The minimum atomic E-state index is -4.11. The van der Waals surface area contributed by atoms with Gasteiger partial charge in [-0.1, -0.05) is 50.3 Å². The van der Waals surface area contributed by atoms with Gasteiger partial charge in [0.15, 0.2) is 0 Å². The molecule has 1 aliphatic heterocycles. The highest BCUT2D eigenvalue weighted by Gasteiger charge is 2.25. The third-order valence-corrected chi connectivity index (χ3v) is 8.36. The highest BCUT2D eigenvalue weighted by molar-refractivity contribution is 7.92. The molecule has 37 heavy (non-hydrogen) atoms. The second-order valence-corrected chi connectivity index (χ2v) is 11.6. The summed E-state index contributed by atoms with van der Waals surface area (Å²) in [6.45, 7) is 4.15.